The Balaban J connectivity index is 2.11. The largest absolute Gasteiger partial charge is 0.326 e. The summed E-state index contributed by atoms with van der Waals surface area (Å²) in [6.45, 7) is 5.63. The fourth-order valence-electron chi connectivity index (χ4n) is 2.88. The van der Waals surface area contributed by atoms with E-state index in [9.17, 15) is 14.4 Å². The molecule has 0 saturated heterocycles. The molecular weight excluding hydrogens is 342 g/mol. The van der Waals surface area contributed by atoms with Gasteiger partial charge in [0.2, 0.25) is 17.7 Å². The normalized spacial score (nSPS) is 10.2. The highest BCUT2D eigenvalue weighted by molar-refractivity contribution is 5.97. The summed E-state index contributed by atoms with van der Waals surface area (Å²) in [6, 6.07) is 16.5. The van der Waals surface area contributed by atoms with Crippen molar-refractivity contribution in [3.63, 3.8) is 0 Å². The van der Waals surface area contributed by atoms with Crippen molar-refractivity contribution in [2.24, 2.45) is 0 Å². The highest BCUT2D eigenvalue weighted by atomic mass is 16.2. The molecule has 0 fully saturated rings. The molecule has 3 amide bonds. The second-order valence-corrected chi connectivity index (χ2v) is 6.13. The average molecular weight is 367 g/mol. The molecule has 0 unspecified atom stereocenters. The van der Waals surface area contributed by atoms with Gasteiger partial charge in [-0.1, -0.05) is 24.3 Å². The van der Waals surface area contributed by atoms with Gasteiger partial charge in [-0.15, -0.1) is 0 Å². The fraction of sp³-hybridized carbons (Fsp3) is 0.286. The highest BCUT2D eigenvalue weighted by Crippen LogP contribution is 2.21. The van der Waals surface area contributed by atoms with Gasteiger partial charge in [0.05, 0.1) is 0 Å². The standard InChI is InChI=1S/C21H25N3O3/c1-4-23(19-10-6-5-7-11-19)21(27)13-14-24(17(3)26)20-12-8-9-18(15-20)22-16(2)25/h5-12,15H,4,13-14H2,1-3H3,(H,22,25). The van der Waals surface area contributed by atoms with Crippen LogP contribution in [-0.2, 0) is 14.4 Å². The van der Waals surface area contributed by atoms with E-state index in [2.05, 4.69) is 5.32 Å². The monoisotopic (exact) mass is 367 g/mol. The van der Waals surface area contributed by atoms with Crippen molar-refractivity contribution >= 4 is 34.8 Å². The summed E-state index contributed by atoms with van der Waals surface area (Å²) in [6.07, 6.45) is 0.201. The summed E-state index contributed by atoms with van der Waals surface area (Å²) < 4.78 is 0. The minimum absolute atomic E-state index is 0.0482. The van der Waals surface area contributed by atoms with E-state index in [1.165, 1.54) is 13.8 Å². The maximum atomic E-state index is 12.7. The van der Waals surface area contributed by atoms with Gasteiger partial charge >= 0.3 is 0 Å². The molecule has 0 spiro atoms. The lowest BCUT2D eigenvalue weighted by Crippen LogP contribution is -2.36. The lowest BCUT2D eigenvalue weighted by Gasteiger charge is -2.25. The second kappa shape index (κ2) is 9.52. The molecule has 2 aromatic carbocycles. The summed E-state index contributed by atoms with van der Waals surface area (Å²) in [7, 11) is 0. The molecule has 0 aromatic heterocycles. The zero-order chi connectivity index (χ0) is 19.8. The first-order chi connectivity index (χ1) is 12.9. The topological polar surface area (TPSA) is 69.7 Å². The Kier molecular flexibility index (Phi) is 7.11. The van der Waals surface area contributed by atoms with E-state index in [1.807, 2.05) is 37.3 Å². The molecule has 0 heterocycles. The quantitative estimate of drug-likeness (QED) is 0.815. The van der Waals surface area contributed by atoms with Crippen LogP contribution < -0.4 is 15.1 Å². The van der Waals surface area contributed by atoms with Crippen LogP contribution in [0.5, 0.6) is 0 Å². The Hall–Kier alpha value is -3.15. The summed E-state index contributed by atoms with van der Waals surface area (Å²) in [5, 5.41) is 2.70. The number of nitrogens with zero attached hydrogens (tertiary/aromatic N) is 2. The van der Waals surface area contributed by atoms with Gasteiger partial charge in [0.15, 0.2) is 0 Å². The van der Waals surface area contributed by atoms with E-state index in [1.54, 1.807) is 34.1 Å². The summed E-state index contributed by atoms with van der Waals surface area (Å²) in [5.41, 5.74) is 2.09. The van der Waals surface area contributed by atoms with Crippen LogP contribution in [-0.4, -0.2) is 30.8 Å². The van der Waals surface area contributed by atoms with Gasteiger partial charge in [-0.25, -0.2) is 0 Å². The molecule has 2 aromatic rings. The molecule has 0 aliphatic heterocycles. The molecule has 6 nitrogen and oxygen atoms in total. The third-order valence-electron chi connectivity index (χ3n) is 4.09. The van der Waals surface area contributed by atoms with Gasteiger partial charge in [-0.05, 0) is 37.3 Å². The molecule has 6 heteroatoms. The summed E-state index contributed by atoms with van der Waals surface area (Å²) in [4.78, 5) is 39.3. The van der Waals surface area contributed by atoms with Gasteiger partial charge in [-0.3, -0.25) is 14.4 Å². The maximum absolute atomic E-state index is 12.7. The van der Waals surface area contributed by atoms with E-state index < -0.39 is 0 Å². The molecule has 0 radical (unpaired) electrons. The van der Waals surface area contributed by atoms with Crippen LogP contribution in [0.3, 0.4) is 0 Å². The highest BCUT2D eigenvalue weighted by Gasteiger charge is 2.18. The van der Waals surface area contributed by atoms with Crippen molar-refractivity contribution in [2.45, 2.75) is 27.2 Å². The maximum Gasteiger partial charge on any atom is 0.228 e. The van der Waals surface area contributed by atoms with E-state index in [0.29, 0.717) is 17.9 Å². The molecule has 0 aliphatic carbocycles. The predicted octanol–water partition coefficient (Wildman–Crippen LogP) is 3.44. The average Bonchev–Trinajstić information content (AvgIpc) is 2.63. The van der Waals surface area contributed by atoms with Gasteiger partial charge in [0.25, 0.3) is 0 Å². The van der Waals surface area contributed by atoms with E-state index in [4.69, 9.17) is 0 Å². The Morgan fingerprint density at radius 2 is 1.56 bits per heavy atom. The van der Waals surface area contributed by atoms with E-state index in [-0.39, 0.29) is 30.7 Å². The van der Waals surface area contributed by atoms with E-state index >= 15 is 0 Å². The minimum Gasteiger partial charge on any atom is -0.326 e. The van der Waals surface area contributed by atoms with Crippen LogP contribution in [0.25, 0.3) is 0 Å². The number of anilines is 3. The van der Waals surface area contributed by atoms with Crippen molar-refractivity contribution in [3.05, 3.63) is 54.6 Å². The Morgan fingerprint density at radius 3 is 2.15 bits per heavy atom. The van der Waals surface area contributed by atoms with Crippen LogP contribution in [0.15, 0.2) is 54.6 Å². The number of hydrogen-bond acceptors (Lipinski definition) is 3. The lowest BCUT2D eigenvalue weighted by molar-refractivity contribution is -0.119. The summed E-state index contributed by atoms with van der Waals surface area (Å²) in [5.74, 6) is -0.392. The van der Waals surface area contributed by atoms with Crippen molar-refractivity contribution in [1.29, 1.82) is 0 Å². The molecule has 142 valence electrons. The fourth-order valence-corrected chi connectivity index (χ4v) is 2.88. The third-order valence-corrected chi connectivity index (χ3v) is 4.09. The van der Waals surface area contributed by atoms with E-state index in [0.717, 1.165) is 5.69 Å². The van der Waals surface area contributed by atoms with Crippen LogP contribution in [0.1, 0.15) is 27.2 Å². The SMILES string of the molecule is CCN(C(=O)CCN(C(C)=O)c1cccc(NC(C)=O)c1)c1ccccc1. The zero-order valence-corrected chi connectivity index (χ0v) is 15.9. The number of hydrogen-bond donors (Lipinski definition) is 1. The van der Waals surface area contributed by atoms with Crippen molar-refractivity contribution in [2.75, 3.05) is 28.2 Å². The summed E-state index contributed by atoms with van der Waals surface area (Å²) >= 11 is 0. The van der Waals surface area contributed by atoms with Crippen molar-refractivity contribution in [3.8, 4) is 0 Å². The number of nitrogens with one attached hydrogen (secondary N) is 1. The smallest absolute Gasteiger partial charge is 0.228 e. The number of benzene rings is 2. The Labute approximate surface area is 159 Å². The van der Waals surface area contributed by atoms with Crippen molar-refractivity contribution in [1.82, 2.24) is 0 Å². The number of amides is 3. The van der Waals surface area contributed by atoms with Crippen LogP contribution in [0, 0.1) is 0 Å². The van der Waals surface area contributed by atoms with Gasteiger partial charge in [0, 0.05) is 50.4 Å². The van der Waals surface area contributed by atoms with Crippen LogP contribution in [0.2, 0.25) is 0 Å². The molecule has 0 aliphatic rings. The molecular formula is C21H25N3O3. The first-order valence-corrected chi connectivity index (χ1v) is 8.93. The van der Waals surface area contributed by atoms with Gasteiger partial charge in [-0.2, -0.15) is 0 Å². The number of rotatable bonds is 7. The molecule has 1 N–H and O–H groups in total. The number of carbonyl (C=O) groups excluding carboxylic acids is 3. The zero-order valence-electron chi connectivity index (χ0n) is 15.9. The third kappa shape index (κ3) is 5.67. The Bertz CT molecular complexity index is 805. The van der Waals surface area contributed by atoms with Crippen molar-refractivity contribution < 1.29 is 14.4 Å². The minimum atomic E-state index is -0.182. The number of para-hydroxylation sites is 1. The molecule has 27 heavy (non-hydrogen) atoms. The first-order valence-electron chi connectivity index (χ1n) is 8.93. The van der Waals surface area contributed by atoms with Crippen LogP contribution >= 0.6 is 0 Å². The molecule has 2 rings (SSSR count). The first kappa shape index (κ1) is 20.2. The van der Waals surface area contributed by atoms with Gasteiger partial charge in [0.1, 0.15) is 0 Å². The number of carbonyl (C=O) groups is 3. The lowest BCUT2D eigenvalue weighted by atomic mass is 10.2. The molecule has 0 atom stereocenters. The predicted molar refractivity (Wildman–Crippen MR) is 108 cm³/mol. The van der Waals surface area contributed by atoms with Gasteiger partial charge < -0.3 is 15.1 Å². The van der Waals surface area contributed by atoms with Crippen LogP contribution in [0.4, 0.5) is 17.1 Å². The Morgan fingerprint density at radius 1 is 0.889 bits per heavy atom. The second-order valence-electron chi connectivity index (χ2n) is 6.13. The molecule has 0 saturated carbocycles. The molecule has 0 bridgehead atoms.